The normalized spacial score (nSPS) is 46.8. The first kappa shape index (κ1) is 6.62. The zero-order valence-corrected chi connectivity index (χ0v) is 6.64. The summed E-state index contributed by atoms with van der Waals surface area (Å²) in [7, 11) is 2.20. The second-order valence-corrected chi connectivity index (χ2v) is 4.00. The second kappa shape index (κ2) is 1.95. The van der Waals surface area contributed by atoms with Crippen LogP contribution in [0, 0.1) is 11.3 Å². The Hall–Kier alpha value is -0.0800. The maximum atomic E-state index is 5.75. The van der Waals surface area contributed by atoms with E-state index in [1.807, 2.05) is 0 Å². The van der Waals surface area contributed by atoms with E-state index in [9.17, 15) is 0 Å². The van der Waals surface area contributed by atoms with E-state index < -0.39 is 0 Å². The Morgan fingerprint density at radius 1 is 1.70 bits per heavy atom. The molecule has 2 fully saturated rings. The van der Waals surface area contributed by atoms with Crippen LogP contribution in [0.2, 0.25) is 0 Å². The van der Waals surface area contributed by atoms with Crippen molar-refractivity contribution in [2.75, 3.05) is 26.7 Å². The van der Waals surface area contributed by atoms with Crippen LogP contribution < -0.4 is 5.73 Å². The molecule has 0 aromatic heterocycles. The number of hydrogen-bond donors (Lipinski definition) is 1. The third-order valence-electron chi connectivity index (χ3n) is 3.38. The fourth-order valence-corrected chi connectivity index (χ4v) is 2.56. The number of fused-ring (bicyclic) bond motifs is 1. The first-order chi connectivity index (χ1) is 4.77. The summed E-state index contributed by atoms with van der Waals surface area (Å²) in [6.07, 6.45) is 2.79. The van der Waals surface area contributed by atoms with E-state index in [1.54, 1.807) is 0 Å². The van der Waals surface area contributed by atoms with Gasteiger partial charge in [0, 0.05) is 13.1 Å². The molecule has 0 aromatic carbocycles. The van der Waals surface area contributed by atoms with E-state index in [-0.39, 0.29) is 0 Å². The van der Waals surface area contributed by atoms with Crippen molar-refractivity contribution in [1.29, 1.82) is 0 Å². The second-order valence-electron chi connectivity index (χ2n) is 4.00. The Morgan fingerprint density at radius 3 is 2.80 bits per heavy atom. The molecule has 0 amide bonds. The molecule has 1 heterocycles. The van der Waals surface area contributed by atoms with Crippen LogP contribution in [0.25, 0.3) is 0 Å². The maximum absolute atomic E-state index is 5.75. The average molecular weight is 140 g/mol. The zero-order chi connectivity index (χ0) is 7.19. The molecule has 1 saturated heterocycles. The quantitative estimate of drug-likeness (QED) is 0.567. The Morgan fingerprint density at radius 2 is 2.50 bits per heavy atom. The zero-order valence-electron chi connectivity index (χ0n) is 6.64. The minimum Gasteiger partial charge on any atom is -0.330 e. The molecule has 0 spiro atoms. The maximum Gasteiger partial charge on any atom is 0.00503 e. The minimum absolute atomic E-state index is 0.550. The van der Waals surface area contributed by atoms with Crippen molar-refractivity contribution in [2.45, 2.75) is 12.8 Å². The van der Waals surface area contributed by atoms with Crippen molar-refractivity contribution in [1.82, 2.24) is 4.90 Å². The van der Waals surface area contributed by atoms with Gasteiger partial charge in [0.2, 0.25) is 0 Å². The molecular weight excluding hydrogens is 124 g/mol. The molecule has 1 aliphatic carbocycles. The summed E-state index contributed by atoms with van der Waals surface area (Å²) in [6, 6.07) is 0. The predicted molar refractivity (Wildman–Crippen MR) is 41.7 cm³/mol. The van der Waals surface area contributed by atoms with E-state index in [4.69, 9.17) is 5.73 Å². The van der Waals surface area contributed by atoms with Crippen LogP contribution in [0.3, 0.4) is 0 Å². The summed E-state index contributed by atoms with van der Waals surface area (Å²) in [6.45, 7) is 3.44. The first-order valence-electron chi connectivity index (χ1n) is 4.15. The molecule has 2 nitrogen and oxygen atoms in total. The van der Waals surface area contributed by atoms with Gasteiger partial charge >= 0.3 is 0 Å². The molecule has 2 atom stereocenters. The predicted octanol–water partition coefficient (Wildman–Crippen LogP) is 0.287. The van der Waals surface area contributed by atoms with Crippen LogP contribution in [0.1, 0.15) is 12.8 Å². The van der Waals surface area contributed by atoms with Crippen molar-refractivity contribution in [3.63, 3.8) is 0 Å². The van der Waals surface area contributed by atoms with Crippen molar-refractivity contribution in [3.05, 3.63) is 0 Å². The molecule has 2 heteroatoms. The van der Waals surface area contributed by atoms with E-state index >= 15 is 0 Å². The van der Waals surface area contributed by atoms with E-state index in [0.717, 1.165) is 12.5 Å². The summed E-state index contributed by atoms with van der Waals surface area (Å²) in [5.74, 6) is 0.933. The van der Waals surface area contributed by atoms with Crippen molar-refractivity contribution >= 4 is 0 Å². The van der Waals surface area contributed by atoms with Gasteiger partial charge in [-0.15, -0.1) is 0 Å². The summed E-state index contributed by atoms with van der Waals surface area (Å²) >= 11 is 0. The summed E-state index contributed by atoms with van der Waals surface area (Å²) < 4.78 is 0. The van der Waals surface area contributed by atoms with Gasteiger partial charge in [-0.25, -0.2) is 0 Å². The van der Waals surface area contributed by atoms with Crippen LogP contribution >= 0.6 is 0 Å². The summed E-state index contributed by atoms with van der Waals surface area (Å²) in [4.78, 5) is 2.42. The van der Waals surface area contributed by atoms with E-state index in [1.165, 1.54) is 25.9 Å². The highest BCUT2D eigenvalue weighted by atomic mass is 15.1. The van der Waals surface area contributed by atoms with Gasteiger partial charge in [-0.2, -0.15) is 0 Å². The third-order valence-corrected chi connectivity index (χ3v) is 3.38. The van der Waals surface area contributed by atoms with Gasteiger partial charge in [0.25, 0.3) is 0 Å². The number of likely N-dealkylation sites (tertiary alicyclic amines) is 1. The van der Waals surface area contributed by atoms with Gasteiger partial charge in [0.1, 0.15) is 0 Å². The molecule has 2 unspecified atom stereocenters. The van der Waals surface area contributed by atoms with Crippen LogP contribution in [0.5, 0.6) is 0 Å². The van der Waals surface area contributed by atoms with Crippen molar-refractivity contribution < 1.29 is 0 Å². The van der Waals surface area contributed by atoms with Crippen LogP contribution in [-0.2, 0) is 0 Å². The van der Waals surface area contributed by atoms with Gasteiger partial charge in [0.15, 0.2) is 0 Å². The van der Waals surface area contributed by atoms with Gasteiger partial charge in [-0.1, -0.05) is 0 Å². The lowest BCUT2D eigenvalue weighted by Crippen LogP contribution is -2.45. The Labute approximate surface area is 62.4 Å². The Bertz CT molecular complexity index is 142. The molecule has 58 valence electrons. The molecule has 10 heavy (non-hydrogen) atoms. The lowest BCUT2D eigenvalue weighted by Gasteiger charge is -2.43. The highest BCUT2D eigenvalue weighted by molar-refractivity contribution is 5.03. The van der Waals surface area contributed by atoms with Crippen LogP contribution in [0.15, 0.2) is 0 Å². The smallest absolute Gasteiger partial charge is 0.00503 e. The summed E-state index contributed by atoms with van der Waals surface area (Å²) in [5, 5.41) is 0. The van der Waals surface area contributed by atoms with E-state index in [0.29, 0.717) is 5.41 Å². The minimum atomic E-state index is 0.550. The average Bonchev–Trinajstić information content (AvgIpc) is 2.11. The number of rotatable bonds is 1. The molecule has 0 bridgehead atoms. The standard InChI is InChI=1S/C8H16N2/c1-10-4-7-2-3-8(7,5-9)6-10/h7H,2-6,9H2,1H3. The van der Waals surface area contributed by atoms with Gasteiger partial charge in [-0.05, 0) is 37.8 Å². The lowest BCUT2D eigenvalue weighted by atomic mass is 9.62. The molecule has 2 rings (SSSR count). The molecule has 2 N–H and O–H groups in total. The van der Waals surface area contributed by atoms with Gasteiger partial charge in [0.05, 0.1) is 0 Å². The molecule has 1 aliphatic heterocycles. The first-order valence-corrected chi connectivity index (χ1v) is 4.15. The van der Waals surface area contributed by atoms with Crippen LogP contribution in [0.4, 0.5) is 0 Å². The Kier molecular flexibility index (Phi) is 1.29. The van der Waals surface area contributed by atoms with Crippen molar-refractivity contribution in [3.8, 4) is 0 Å². The lowest BCUT2D eigenvalue weighted by molar-refractivity contribution is 0.0952. The number of nitrogens with zero attached hydrogens (tertiary/aromatic N) is 1. The molecule has 0 radical (unpaired) electrons. The molecular formula is C8H16N2. The topological polar surface area (TPSA) is 29.3 Å². The fraction of sp³-hybridized carbons (Fsp3) is 1.00. The van der Waals surface area contributed by atoms with Gasteiger partial charge in [-0.3, -0.25) is 0 Å². The number of hydrogen-bond acceptors (Lipinski definition) is 2. The fourth-order valence-electron chi connectivity index (χ4n) is 2.56. The van der Waals surface area contributed by atoms with E-state index in [2.05, 4.69) is 11.9 Å². The monoisotopic (exact) mass is 140 g/mol. The summed E-state index contributed by atoms with van der Waals surface area (Å²) in [5.41, 5.74) is 6.30. The van der Waals surface area contributed by atoms with Crippen molar-refractivity contribution in [2.24, 2.45) is 17.1 Å². The highest BCUT2D eigenvalue weighted by Gasteiger charge is 2.50. The largest absolute Gasteiger partial charge is 0.330 e. The SMILES string of the molecule is CN1CC2CCC2(CN)C1. The molecule has 2 aliphatic rings. The molecule has 0 aromatic rings. The van der Waals surface area contributed by atoms with Crippen LogP contribution in [-0.4, -0.2) is 31.6 Å². The Balaban J connectivity index is 2.10. The molecule has 1 saturated carbocycles. The highest BCUT2D eigenvalue weighted by Crippen LogP contribution is 2.50. The number of nitrogens with two attached hydrogens (primary N) is 1. The third kappa shape index (κ3) is 0.663. The van der Waals surface area contributed by atoms with Gasteiger partial charge < -0.3 is 10.6 Å².